The second-order valence-corrected chi connectivity index (χ2v) is 3.59. The Labute approximate surface area is 88.5 Å². The molecule has 0 bridgehead atoms. The Hall–Kier alpha value is -1.76. The van der Waals surface area contributed by atoms with Crippen molar-refractivity contribution in [2.45, 2.75) is 18.3 Å². The molecule has 4 heteroatoms. The van der Waals surface area contributed by atoms with Crippen molar-refractivity contribution < 1.29 is 9.47 Å². The zero-order chi connectivity index (χ0) is 10.9. The van der Waals surface area contributed by atoms with E-state index in [1.807, 2.05) is 0 Å². The van der Waals surface area contributed by atoms with Gasteiger partial charge in [0.05, 0.1) is 31.3 Å². The number of pyridine rings is 1. The predicted octanol–water partition coefficient (Wildman–Crippen LogP) is 1.65. The Morgan fingerprint density at radius 3 is 2.60 bits per heavy atom. The predicted molar refractivity (Wildman–Crippen MR) is 53.9 cm³/mol. The van der Waals surface area contributed by atoms with Crippen molar-refractivity contribution in [2.75, 3.05) is 14.2 Å². The fraction of sp³-hybridized carbons (Fsp3) is 0.455. The maximum Gasteiger partial charge on any atom is 0.221 e. The minimum Gasteiger partial charge on any atom is -0.496 e. The van der Waals surface area contributed by atoms with Crippen LogP contribution in [0.4, 0.5) is 0 Å². The summed E-state index contributed by atoms with van der Waals surface area (Å²) in [6.45, 7) is 0. The zero-order valence-corrected chi connectivity index (χ0v) is 8.78. The molecule has 0 aromatic carbocycles. The fourth-order valence-corrected chi connectivity index (χ4v) is 1.73. The first-order valence-electron chi connectivity index (χ1n) is 4.76. The number of hydrogen-bond donors (Lipinski definition) is 0. The van der Waals surface area contributed by atoms with E-state index in [0.29, 0.717) is 11.6 Å². The molecular formula is C11H12N2O2. The number of ether oxygens (including phenoxy) is 2. The van der Waals surface area contributed by atoms with E-state index in [1.165, 1.54) is 0 Å². The SMILES string of the molecule is COc1ccnc(OC)c1C1(C#N)CC1. The second-order valence-electron chi connectivity index (χ2n) is 3.59. The van der Waals surface area contributed by atoms with E-state index in [4.69, 9.17) is 14.7 Å². The summed E-state index contributed by atoms with van der Waals surface area (Å²) >= 11 is 0. The highest BCUT2D eigenvalue weighted by Gasteiger charge is 2.49. The average Bonchev–Trinajstić information content (AvgIpc) is 3.08. The van der Waals surface area contributed by atoms with Crippen LogP contribution in [0.3, 0.4) is 0 Å². The van der Waals surface area contributed by atoms with Crippen molar-refractivity contribution in [3.63, 3.8) is 0 Å². The first-order chi connectivity index (χ1) is 7.27. The molecule has 0 spiro atoms. The third-order valence-electron chi connectivity index (χ3n) is 2.73. The number of aromatic nitrogens is 1. The van der Waals surface area contributed by atoms with Gasteiger partial charge in [0.25, 0.3) is 0 Å². The summed E-state index contributed by atoms with van der Waals surface area (Å²) < 4.78 is 10.4. The first-order valence-corrected chi connectivity index (χ1v) is 4.76. The van der Waals surface area contributed by atoms with E-state index in [2.05, 4.69) is 11.1 Å². The molecule has 0 radical (unpaired) electrons. The van der Waals surface area contributed by atoms with Crippen molar-refractivity contribution in [3.8, 4) is 17.7 Å². The molecule has 1 aromatic rings. The summed E-state index contributed by atoms with van der Waals surface area (Å²) in [6.07, 6.45) is 3.32. The molecule has 0 unspecified atom stereocenters. The van der Waals surface area contributed by atoms with Gasteiger partial charge >= 0.3 is 0 Å². The summed E-state index contributed by atoms with van der Waals surface area (Å²) in [5.41, 5.74) is 0.350. The van der Waals surface area contributed by atoms with Gasteiger partial charge in [0.15, 0.2) is 0 Å². The molecule has 1 fully saturated rings. The monoisotopic (exact) mass is 204 g/mol. The number of rotatable bonds is 3. The molecule has 1 heterocycles. The smallest absolute Gasteiger partial charge is 0.221 e. The van der Waals surface area contributed by atoms with Crippen molar-refractivity contribution in [3.05, 3.63) is 17.8 Å². The van der Waals surface area contributed by atoms with Gasteiger partial charge in [0.2, 0.25) is 5.88 Å². The van der Waals surface area contributed by atoms with Crippen molar-refractivity contribution >= 4 is 0 Å². The van der Waals surface area contributed by atoms with Crippen molar-refractivity contribution in [1.82, 2.24) is 4.98 Å². The molecule has 0 aliphatic heterocycles. The summed E-state index contributed by atoms with van der Waals surface area (Å²) in [5, 5.41) is 9.16. The molecule has 0 N–H and O–H groups in total. The lowest BCUT2D eigenvalue weighted by Gasteiger charge is -2.14. The first kappa shape index (κ1) is 9.78. The van der Waals surface area contributed by atoms with E-state index in [-0.39, 0.29) is 0 Å². The lowest BCUT2D eigenvalue weighted by molar-refractivity contribution is 0.369. The maximum atomic E-state index is 9.16. The molecule has 15 heavy (non-hydrogen) atoms. The lowest BCUT2D eigenvalue weighted by Crippen LogP contribution is -2.09. The molecule has 1 aromatic heterocycles. The molecule has 4 nitrogen and oxygen atoms in total. The van der Waals surface area contributed by atoms with E-state index in [9.17, 15) is 0 Å². The van der Waals surface area contributed by atoms with Crippen LogP contribution in [-0.2, 0) is 5.41 Å². The Kier molecular flexibility index (Phi) is 2.24. The summed E-state index contributed by atoms with van der Waals surface area (Å²) in [7, 11) is 3.14. The van der Waals surface area contributed by atoms with Crippen molar-refractivity contribution in [2.24, 2.45) is 0 Å². The highest BCUT2D eigenvalue weighted by molar-refractivity contribution is 5.52. The minimum atomic E-state index is -0.440. The van der Waals surface area contributed by atoms with Crippen LogP contribution in [0.25, 0.3) is 0 Å². The fourth-order valence-electron chi connectivity index (χ4n) is 1.73. The highest BCUT2D eigenvalue weighted by atomic mass is 16.5. The molecular weight excluding hydrogens is 192 g/mol. The lowest BCUT2D eigenvalue weighted by atomic mass is 9.98. The molecule has 1 saturated carbocycles. The third kappa shape index (κ3) is 1.40. The van der Waals surface area contributed by atoms with Crippen LogP contribution < -0.4 is 9.47 Å². The van der Waals surface area contributed by atoms with Crippen LogP contribution in [0.15, 0.2) is 12.3 Å². The third-order valence-corrected chi connectivity index (χ3v) is 2.73. The van der Waals surface area contributed by atoms with Crippen LogP contribution in [0.1, 0.15) is 18.4 Å². The Bertz CT molecular complexity index is 397. The number of nitriles is 1. The van der Waals surface area contributed by atoms with Crippen molar-refractivity contribution in [1.29, 1.82) is 5.26 Å². The summed E-state index contributed by atoms with van der Waals surface area (Å²) in [5.74, 6) is 1.18. The van der Waals surface area contributed by atoms with Gasteiger partial charge in [-0.3, -0.25) is 0 Å². The van der Waals surface area contributed by atoms with Gasteiger partial charge in [-0.15, -0.1) is 0 Å². The summed E-state index contributed by atoms with van der Waals surface area (Å²) in [4.78, 5) is 4.11. The Morgan fingerprint density at radius 2 is 2.13 bits per heavy atom. The quantitative estimate of drug-likeness (QED) is 0.751. The molecule has 78 valence electrons. The van der Waals surface area contributed by atoms with E-state index in [1.54, 1.807) is 26.5 Å². The van der Waals surface area contributed by atoms with E-state index < -0.39 is 5.41 Å². The van der Waals surface area contributed by atoms with Crippen LogP contribution in [0, 0.1) is 11.3 Å². The molecule has 0 atom stereocenters. The molecule has 0 saturated heterocycles. The topological polar surface area (TPSA) is 55.1 Å². The maximum absolute atomic E-state index is 9.16. The van der Waals surface area contributed by atoms with Gasteiger partial charge in [-0.05, 0) is 18.9 Å². The number of hydrogen-bond acceptors (Lipinski definition) is 4. The average molecular weight is 204 g/mol. The van der Waals surface area contributed by atoms with Gasteiger partial charge in [-0.1, -0.05) is 0 Å². The van der Waals surface area contributed by atoms with Gasteiger partial charge in [0.1, 0.15) is 5.75 Å². The largest absolute Gasteiger partial charge is 0.496 e. The van der Waals surface area contributed by atoms with Gasteiger partial charge in [-0.25, -0.2) is 4.98 Å². The van der Waals surface area contributed by atoms with E-state index >= 15 is 0 Å². The van der Waals surface area contributed by atoms with Gasteiger partial charge in [-0.2, -0.15) is 5.26 Å². The molecule has 0 amide bonds. The van der Waals surface area contributed by atoms with E-state index in [0.717, 1.165) is 18.4 Å². The molecule has 2 rings (SSSR count). The number of nitrogens with zero attached hydrogens (tertiary/aromatic N) is 2. The van der Waals surface area contributed by atoms with Crippen LogP contribution in [0.2, 0.25) is 0 Å². The highest BCUT2D eigenvalue weighted by Crippen LogP contribution is 2.53. The summed E-state index contributed by atoms with van der Waals surface area (Å²) in [6, 6.07) is 4.08. The van der Waals surface area contributed by atoms with Crippen LogP contribution >= 0.6 is 0 Å². The molecule has 1 aliphatic rings. The Morgan fingerprint density at radius 1 is 1.40 bits per heavy atom. The molecule has 1 aliphatic carbocycles. The normalized spacial score (nSPS) is 16.6. The van der Waals surface area contributed by atoms with Crippen LogP contribution in [-0.4, -0.2) is 19.2 Å². The van der Waals surface area contributed by atoms with Gasteiger partial charge < -0.3 is 9.47 Å². The Balaban J connectivity index is 2.57. The second kappa shape index (κ2) is 3.43. The standard InChI is InChI=1S/C11H12N2O2/c1-14-8-3-6-13-10(15-2)9(8)11(7-12)4-5-11/h3,6H,4-5H2,1-2H3. The minimum absolute atomic E-state index is 0.440. The number of methoxy groups -OCH3 is 2. The van der Waals surface area contributed by atoms with Gasteiger partial charge in [0, 0.05) is 6.20 Å². The zero-order valence-electron chi connectivity index (χ0n) is 8.78. The van der Waals surface area contributed by atoms with Crippen LogP contribution in [0.5, 0.6) is 11.6 Å².